The van der Waals surface area contributed by atoms with Crippen molar-refractivity contribution >= 4 is 17.7 Å². The standard InChI is InChI=1S/C27H38N4O3S/c1-3-18-30-25(19-34-24-16-14-23(33-2)15-17-24)28-29-27(30)35-20-26(32)31(21-10-6-4-7-11-21)22-12-8-5-9-13-22/h3,14-17,21-22H,1,4-13,18-20H2,2H3. The maximum Gasteiger partial charge on any atom is 0.233 e. The lowest BCUT2D eigenvalue weighted by Crippen LogP contribution is -2.49. The zero-order chi connectivity index (χ0) is 24.5. The lowest BCUT2D eigenvalue weighted by Gasteiger charge is -2.41. The molecule has 1 aromatic carbocycles. The Morgan fingerprint density at radius 1 is 1.03 bits per heavy atom. The monoisotopic (exact) mass is 498 g/mol. The van der Waals surface area contributed by atoms with E-state index in [4.69, 9.17) is 9.47 Å². The third kappa shape index (κ3) is 6.81. The molecule has 2 aromatic rings. The third-order valence-corrected chi connectivity index (χ3v) is 8.03. The van der Waals surface area contributed by atoms with E-state index in [0.29, 0.717) is 30.2 Å². The van der Waals surface area contributed by atoms with Gasteiger partial charge in [0.25, 0.3) is 0 Å². The summed E-state index contributed by atoms with van der Waals surface area (Å²) < 4.78 is 13.1. The molecule has 4 rings (SSSR count). The molecule has 7 nitrogen and oxygen atoms in total. The van der Waals surface area contributed by atoms with Gasteiger partial charge in [0, 0.05) is 18.6 Å². The van der Waals surface area contributed by atoms with E-state index in [0.717, 1.165) is 42.3 Å². The van der Waals surface area contributed by atoms with E-state index in [1.807, 2.05) is 34.9 Å². The van der Waals surface area contributed by atoms with Crippen LogP contribution in [0.5, 0.6) is 11.5 Å². The minimum Gasteiger partial charge on any atom is -0.497 e. The second kappa shape index (κ2) is 13.0. The van der Waals surface area contributed by atoms with E-state index in [2.05, 4.69) is 21.7 Å². The smallest absolute Gasteiger partial charge is 0.233 e. The molecule has 0 atom stereocenters. The summed E-state index contributed by atoms with van der Waals surface area (Å²) in [7, 11) is 1.64. The van der Waals surface area contributed by atoms with Gasteiger partial charge in [-0.15, -0.1) is 16.8 Å². The first-order valence-electron chi connectivity index (χ1n) is 12.9. The molecule has 35 heavy (non-hydrogen) atoms. The van der Waals surface area contributed by atoms with Crippen molar-refractivity contribution in [2.24, 2.45) is 0 Å². The van der Waals surface area contributed by atoms with Crippen molar-refractivity contribution in [1.29, 1.82) is 0 Å². The van der Waals surface area contributed by atoms with Crippen LogP contribution in [0.3, 0.4) is 0 Å². The number of thioether (sulfide) groups is 1. The van der Waals surface area contributed by atoms with Crippen LogP contribution >= 0.6 is 11.8 Å². The van der Waals surface area contributed by atoms with Crippen LogP contribution in [0.2, 0.25) is 0 Å². The predicted octanol–water partition coefficient (Wildman–Crippen LogP) is 5.64. The van der Waals surface area contributed by atoms with Gasteiger partial charge in [-0.1, -0.05) is 56.4 Å². The van der Waals surface area contributed by atoms with Gasteiger partial charge in [0.05, 0.1) is 12.9 Å². The van der Waals surface area contributed by atoms with Gasteiger partial charge in [-0.25, -0.2) is 0 Å². The van der Waals surface area contributed by atoms with E-state index in [1.165, 1.54) is 50.3 Å². The maximum atomic E-state index is 13.5. The van der Waals surface area contributed by atoms with Gasteiger partial charge < -0.3 is 14.4 Å². The highest BCUT2D eigenvalue weighted by atomic mass is 32.2. The number of hydrogen-bond donors (Lipinski definition) is 0. The van der Waals surface area contributed by atoms with Crippen LogP contribution in [-0.2, 0) is 17.9 Å². The molecule has 0 radical (unpaired) electrons. The predicted molar refractivity (Wildman–Crippen MR) is 139 cm³/mol. The lowest BCUT2D eigenvalue weighted by molar-refractivity contribution is -0.135. The van der Waals surface area contributed by atoms with Crippen molar-refractivity contribution in [2.45, 2.75) is 94.6 Å². The number of carbonyl (C=O) groups is 1. The molecule has 8 heteroatoms. The molecular formula is C27H38N4O3S. The van der Waals surface area contributed by atoms with Gasteiger partial charge in [-0.3, -0.25) is 9.36 Å². The number of benzene rings is 1. The molecule has 0 unspecified atom stereocenters. The number of amides is 1. The first kappa shape index (κ1) is 25.6. The number of carbonyl (C=O) groups excluding carboxylic acids is 1. The minimum absolute atomic E-state index is 0.248. The van der Waals surface area contributed by atoms with Crippen molar-refractivity contribution in [3.8, 4) is 11.5 Å². The van der Waals surface area contributed by atoms with Crippen LogP contribution < -0.4 is 9.47 Å². The van der Waals surface area contributed by atoms with Gasteiger partial charge in [-0.05, 0) is 49.9 Å². The molecule has 0 saturated heterocycles. The number of nitrogens with zero attached hydrogens (tertiary/aromatic N) is 4. The Kier molecular flexibility index (Phi) is 9.51. The number of hydrogen-bond acceptors (Lipinski definition) is 6. The first-order valence-corrected chi connectivity index (χ1v) is 13.9. The minimum atomic E-state index is 0.248. The SMILES string of the molecule is C=CCn1c(COc2ccc(OC)cc2)nnc1SCC(=O)N(C1CCCCC1)C1CCCCC1. The van der Waals surface area contributed by atoms with Gasteiger partial charge in [0.15, 0.2) is 11.0 Å². The highest BCUT2D eigenvalue weighted by Gasteiger charge is 2.32. The average molecular weight is 499 g/mol. The second-order valence-corrected chi connectivity index (χ2v) is 10.4. The normalized spacial score (nSPS) is 17.2. The number of methoxy groups -OCH3 is 1. The molecule has 0 aliphatic heterocycles. The summed E-state index contributed by atoms with van der Waals surface area (Å²) >= 11 is 1.48. The van der Waals surface area contributed by atoms with E-state index < -0.39 is 0 Å². The van der Waals surface area contributed by atoms with Crippen molar-refractivity contribution < 1.29 is 14.3 Å². The molecule has 2 fully saturated rings. The number of aromatic nitrogens is 3. The van der Waals surface area contributed by atoms with Crippen molar-refractivity contribution in [1.82, 2.24) is 19.7 Å². The first-order chi connectivity index (χ1) is 17.2. The van der Waals surface area contributed by atoms with Crippen LogP contribution in [-0.4, -0.2) is 50.5 Å². The number of ether oxygens (including phenoxy) is 2. The Balaban J connectivity index is 1.40. The van der Waals surface area contributed by atoms with Gasteiger partial charge in [-0.2, -0.15) is 0 Å². The van der Waals surface area contributed by atoms with Gasteiger partial charge in [0.1, 0.15) is 18.1 Å². The summed E-state index contributed by atoms with van der Waals surface area (Å²) in [5.74, 6) is 2.87. The average Bonchev–Trinajstić information content (AvgIpc) is 3.29. The van der Waals surface area contributed by atoms with E-state index >= 15 is 0 Å². The molecule has 0 spiro atoms. The van der Waals surface area contributed by atoms with Gasteiger partial charge >= 0.3 is 0 Å². The second-order valence-electron chi connectivity index (χ2n) is 9.44. The number of rotatable bonds is 11. The Bertz CT molecular complexity index is 932. The Hall–Kier alpha value is -2.48. The third-order valence-electron chi connectivity index (χ3n) is 7.08. The van der Waals surface area contributed by atoms with Crippen LogP contribution in [0.1, 0.15) is 70.0 Å². The summed E-state index contributed by atoms with van der Waals surface area (Å²) in [6, 6.07) is 8.26. The fourth-order valence-corrected chi connectivity index (χ4v) is 6.13. The van der Waals surface area contributed by atoms with Crippen LogP contribution in [0.4, 0.5) is 0 Å². The molecular weight excluding hydrogens is 460 g/mol. The fourth-order valence-electron chi connectivity index (χ4n) is 5.29. The zero-order valence-electron chi connectivity index (χ0n) is 20.9. The molecule has 2 aliphatic carbocycles. The molecule has 1 heterocycles. The Morgan fingerprint density at radius 3 is 2.20 bits per heavy atom. The topological polar surface area (TPSA) is 69.5 Å². The highest BCUT2D eigenvalue weighted by molar-refractivity contribution is 7.99. The van der Waals surface area contributed by atoms with Crippen LogP contribution in [0.25, 0.3) is 0 Å². The maximum absolute atomic E-state index is 13.5. The summed E-state index contributed by atoms with van der Waals surface area (Å²) in [6.07, 6.45) is 13.9. The van der Waals surface area contributed by atoms with Crippen LogP contribution in [0.15, 0.2) is 42.1 Å². The summed E-state index contributed by atoms with van der Waals surface area (Å²) in [5, 5.41) is 9.48. The molecule has 2 aliphatic rings. The fraction of sp³-hybridized carbons (Fsp3) is 0.593. The summed E-state index contributed by atoms with van der Waals surface area (Å²) in [5.41, 5.74) is 0. The molecule has 2 saturated carbocycles. The van der Waals surface area contributed by atoms with Crippen molar-refractivity contribution in [3.05, 3.63) is 42.7 Å². The van der Waals surface area contributed by atoms with E-state index in [1.54, 1.807) is 7.11 Å². The zero-order valence-corrected chi connectivity index (χ0v) is 21.7. The van der Waals surface area contributed by atoms with E-state index in [-0.39, 0.29) is 12.5 Å². The highest BCUT2D eigenvalue weighted by Crippen LogP contribution is 2.31. The summed E-state index contributed by atoms with van der Waals surface area (Å²) in [6.45, 7) is 4.74. The van der Waals surface area contributed by atoms with Crippen LogP contribution in [0, 0.1) is 0 Å². The summed E-state index contributed by atoms with van der Waals surface area (Å²) in [4.78, 5) is 15.8. The van der Waals surface area contributed by atoms with Crippen molar-refractivity contribution in [3.63, 3.8) is 0 Å². The Morgan fingerprint density at radius 2 is 1.63 bits per heavy atom. The molecule has 0 N–H and O–H groups in total. The largest absolute Gasteiger partial charge is 0.497 e. The van der Waals surface area contributed by atoms with Crippen molar-refractivity contribution in [2.75, 3.05) is 12.9 Å². The molecule has 0 bridgehead atoms. The quantitative estimate of drug-likeness (QED) is 0.295. The van der Waals surface area contributed by atoms with E-state index in [9.17, 15) is 4.79 Å². The molecule has 1 aromatic heterocycles. The molecule has 190 valence electrons. The molecule has 1 amide bonds. The Labute approximate surface area is 213 Å². The lowest BCUT2D eigenvalue weighted by atomic mass is 9.88. The van der Waals surface area contributed by atoms with Gasteiger partial charge in [0.2, 0.25) is 5.91 Å². The number of allylic oxidation sites excluding steroid dienone is 1.